The Morgan fingerprint density at radius 3 is 2.71 bits per heavy atom. The summed E-state index contributed by atoms with van der Waals surface area (Å²) >= 11 is 7.57. The molecular weight excluding hydrogens is 450 g/mol. The van der Waals surface area contributed by atoms with E-state index in [2.05, 4.69) is 32.9 Å². The molecule has 0 radical (unpaired) electrons. The minimum Gasteiger partial charge on any atom is -0.361 e. The molecule has 0 amide bonds. The molecule has 0 saturated heterocycles. The number of halogens is 1. The highest BCUT2D eigenvalue weighted by Gasteiger charge is 2.21. The zero-order valence-electron chi connectivity index (χ0n) is 16.7. The third-order valence-corrected chi connectivity index (χ3v) is 7.76. The molecule has 8 heteroatoms. The Labute approximate surface area is 188 Å². The van der Waals surface area contributed by atoms with Gasteiger partial charge in [0.25, 0.3) is 10.0 Å². The number of anilines is 1. The topological polar surface area (TPSA) is 74.8 Å². The van der Waals surface area contributed by atoms with E-state index in [0.29, 0.717) is 10.7 Å². The van der Waals surface area contributed by atoms with Crippen LogP contribution in [0.4, 0.5) is 5.69 Å². The highest BCUT2D eigenvalue weighted by atomic mass is 35.5. The van der Waals surface area contributed by atoms with Crippen LogP contribution in [0.2, 0.25) is 5.02 Å². The number of hydrogen-bond acceptors (Lipinski definition) is 4. The third-order valence-electron chi connectivity index (χ3n) is 5.16. The maximum absolute atomic E-state index is 13.1. The molecule has 156 valence electrons. The summed E-state index contributed by atoms with van der Waals surface area (Å²) in [4.78, 5) is 9.89. The van der Waals surface area contributed by atoms with Gasteiger partial charge in [0.15, 0.2) is 0 Å². The number of rotatable bonds is 4. The lowest BCUT2D eigenvalue weighted by molar-refractivity contribution is 0.601. The molecule has 0 fully saturated rings. The van der Waals surface area contributed by atoms with Gasteiger partial charge in [-0.05, 0) is 61.2 Å². The Morgan fingerprint density at radius 1 is 1.06 bits per heavy atom. The number of fused-ring (bicyclic) bond motifs is 2. The average molecular weight is 468 g/mol. The van der Waals surface area contributed by atoms with E-state index in [0.717, 1.165) is 42.8 Å². The number of pyridine rings is 1. The van der Waals surface area contributed by atoms with Crippen LogP contribution in [0.25, 0.3) is 32.2 Å². The van der Waals surface area contributed by atoms with E-state index in [1.807, 2.05) is 26.1 Å². The van der Waals surface area contributed by atoms with Gasteiger partial charge in [0.2, 0.25) is 0 Å². The van der Waals surface area contributed by atoms with Gasteiger partial charge in [-0.1, -0.05) is 29.8 Å². The molecule has 5 aromatic rings. The number of nitrogens with one attached hydrogen (secondary N) is 2. The Balaban J connectivity index is 1.71. The van der Waals surface area contributed by atoms with E-state index in [1.165, 1.54) is 12.1 Å². The van der Waals surface area contributed by atoms with E-state index in [4.69, 9.17) is 11.6 Å². The molecule has 0 aliphatic rings. The molecule has 0 atom stereocenters. The second kappa shape index (κ2) is 7.37. The Bertz CT molecular complexity index is 1570. The van der Waals surface area contributed by atoms with Crippen molar-refractivity contribution in [2.24, 2.45) is 0 Å². The lowest BCUT2D eigenvalue weighted by Crippen LogP contribution is -2.13. The monoisotopic (exact) mass is 467 g/mol. The van der Waals surface area contributed by atoms with Crippen LogP contribution in [0.5, 0.6) is 0 Å². The molecule has 0 saturated carbocycles. The van der Waals surface area contributed by atoms with Crippen LogP contribution in [0, 0.1) is 13.8 Å². The molecule has 3 aromatic heterocycles. The van der Waals surface area contributed by atoms with Crippen molar-refractivity contribution >= 4 is 59.8 Å². The number of aromatic amines is 1. The molecule has 5 rings (SSSR count). The predicted octanol–water partition coefficient (Wildman–Crippen LogP) is 6.52. The van der Waals surface area contributed by atoms with Crippen LogP contribution in [-0.4, -0.2) is 18.4 Å². The number of thiophene rings is 1. The maximum atomic E-state index is 13.1. The van der Waals surface area contributed by atoms with Crippen LogP contribution in [0.3, 0.4) is 0 Å². The largest absolute Gasteiger partial charge is 0.361 e. The standard InChI is InChI=1S/C23H18ClN3O2S2/c1-13-10-20(27-31(28,29)18-5-3-4-17(24)12-18)22-21(14(2)30-23(22)26-13)16-7-6-15-8-9-25-19(15)11-16/h3-12,25H,1-2H3,(H,26,27). The van der Waals surface area contributed by atoms with Crippen molar-refractivity contribution in [2.75, 3.05) is 4.72 Å². The number of aryl methyl sites for hydroxylation is 2. The van der Waals surface area contributed by atoms with Gasteiger partial charge < -0.3 is 4.98 Å². The number of sulfonamides is 1. The van der Waals surface area contributed by atoms with Crippen LogP contribution in [0.1, 0.15) is 10.6 Å². The lowest BCUT2D eigenvalue weighted by Gasteiger charge is -2.12. The molecule has 0 aliphatic heterocycles. The summed E-state index contributed by atoms with van der Waals surface area (Å²) in [5, 5.41) is 2.28. The van der Waals surface area contributed by atoms with Gasteiger partial charge in [-0.2, -0.15) is 0 Å². The van der Waals surface area contributed by atoms with Gasteiger partial charge in [-0.25, -0.2) is 13.4 Å². The van der Waals surface area contributed by atoms with Crippen LogP contribution >= 0.6 is 22.9 Å². The second-order valence-corrected chi connectivity index (χ2v) is 10.7. The SMILES string of the molecule is Cc1cc(NS(=O)(=O)c2cccc(Cl)c2)c2c(-c3ccc4cc[nH]c4c3)c(C)sc2n1. The van der Waals surface area contributed by atoms with Crippen LogP contribution < -0.4 is 4.72 Å². The third kappa shape index (κ3) is 3.59. The van der Waals surface area contributed by atoms with Gasteiger partial charge in [-0.15, -0.1) is 11.3 Å². The van der Waals surface area contributed by atoms with Crippen molar-refractivity contribution in [3.8, 4) is 11.1 Å². The molecule has 0 aliphatic carbocycles. The quantitative estimate of drug-likeness (QED) is 0.316. The van der Waals surface area contributed by atoms with Crippen molar-refractivity contribution in [3.05, 3.63) is 76.4 Å². The summed E-state index contributed by atoms with van der Waals surface area (Å²) in [6.07, 6.45) is 1.91. The van der Waals surface area contributed by atoms with Gasteiger partial charge in [-0.3, -0.25) is 4.72 Å². The van der Waals surface area contributed by atoms with Crippen molar-refractivity contribution < 1.29 is 8.42 Å². The van der Waals surface area contributed by atoms with E-state index < -0.39 is 10.0 Å². The summed E-state index contributed by atoms with van der Waals surface area (Å²) in [5.41, 5.74) is 4.26. The van der Waals surface area contributed by atoms with Crippen molar-refractivity contribution in [1.29, 1.82) is 0 Å². The number of benzene rings is 2. The molecule has 3 heterocycles. The number of hydrogen-bond donors (Lipinski definition) is 2. The van der Waals surface area contributed by atoms with E-state index in [9.17, 15) is 8.42 Å². The lowest BCUT2D eigenvalue weighted by atomic mass is 10.0. The summed E-state index contributed by atoms with van der Waals surface area (Å²) in [6, 6.07) is 16.2. The fourth-order valence-electron chi connectivity index (χ4n) is 3.80. The minimum atomic E-state index is -3.82. The molecule has 2 aromatic carbocycles. The fraction of sp³-hybridized carbons (Fsp3) is 0.0870. The molecule has 0 unspecified atom stereocenters. The van der Waals surface area contributed by atoms with Gasteiger partial charge in [0.1, 0.15) is 4.83 Å². The summed E-state index contributed by atoms with van der Waals surface area (Å²) in [6.45, 7) is 3.89. The molecule has 0 spiro atoms. The smallest absolute Gasteiger partial charge is 0.261 e. The summed E-state index contributed by atoms with van der Waals surface area (Å²) in [5.74, 6) is 0. The maximum Gasteiger partial charge on any atom is 0.261 e. The van der Waals surface area contributed by atoms with Crippen LogP contribution in [-0.2, 0) is 10.0 Å². The highest BCUT2D eigenvalue weighted by molar-refractivity contribution is 7.92. The number of nitrogens with zero attached hydrogens (tertiary/aromatic N) is 1. The zero-order chi connectivity index (χ0) is 21.8. The molecule has 31 heavy (non-hydrogen) atoms. The van der Waals surface area contributed by atoms with E-state index >= 15 is 0 Å². The van der Waals surface area contributed by atoms with E-state index in [1.54, 1.807) is 29.5 Å². The minimum absolute atomic E-state index is 0.115. The number of aromatic nitrogens is 2. The van der Waals surface area contributed by atoms with Crippen LogP contribution in [0.15, 0.2) is 65.7 Å². The zero-order valence-corrected chi connectivity index (χ0v) is 19.1. The summed E-state index contributed by atoms with van der Waals surface area (Å²) in [7, 11) is -3.82. The van der Waals surface area contributed by atoms with Gasteiger partial charge >= 0.3 is 0 Å². The normalized spacial score (nSPS) is 12.0. The highest BCUT2D eigenvalue weighted by Crippen LogP contribution is 2.42. The van der Waals surface area contributed by atoms with E-state index in [-0.39, 0.29) is 4.90 Å². The first-order chi connectivity index (χ1) is 14.8. The Morgan fingerprint density at radius 2 is 1.90 bits per heavy atom. The predicted molar refractivity (Wildman–Crippen MR) is 129 cm³/mol. The first-order valence-electron chi connectivity index (χ1n) is 9.58. The van der Waals surface area contributed by atoms with Gasteiger partial charge in [0, 0.05) is 38.3 Å². The first kappa shape index (κ1) is 20.1. The van der Waals surface area contributed by atoms with Crippen molar-refractivity contribution in [1.82, 2.24) is 9.97 Å². The second-order valence-electron chi connectivity index (χ2n) is 7.37. The first-order valence-corrected chi connectivity index (χ1v) is 12.3. The van der Waals surface area contributed by atoms with Crippen molar-refractivity contribution in [3.63, 3.8) is 0 Å². The van der Waals surface area contributed by atoms with Gasteiger partial charge in [0.05, 0.1) is 10.6 Å². The summed E-state index contributed by atoms with van der Waals surface area (Å²) < 4.78 is 29.0. The fourth-order valence-corrected chi connectivity index (χ4v) is 6.28. The molecule has 2 N–H and O–H groups in total. The molecule has 5 nitrogen and oxygen atoms in total. The number of H-pyrrole nitrogens is 1. The average Bonchev–Trinajstić information content (AvgIpc) is 3.30. The Hall–Kier alpha value is -2.87. The van der Waals surface area contributed by atoms with Crippen molar-refractivity contribution in [2.45, 2.75) is 18.7 Å². The molecule has 0 bridgehead atoms. The molecular formula is C23H18ClN3O2S2. The Kier molecular flexibility index (Phi) is 4.77.